The van der Waals surface area contributed by atoms with E-state index in [0.29, 0.717) is 5.69 Å². The molecular weight excluding hydrogens is 274 g/mol. The van der Waals surface area contributed by atoms with Gasteiger partial charge in [0.25, 0.3) is 0 Å². The van der Waals surface area contributed by atoms with Gasteiger partial charge in [-0.25, -0.2) is 4.98 Å². The van der Waals surface area contributed by atoms with E-state index in [1.165, 1.54) is 0 Å². The number of aromatic nitrogens is 5. The minimum Gasteiger partial charge on any atom is -0.390 e. The zero-order valence-electron chi connectivity index (χ0n) is 11.1. The summed E-state index contributed by atoms with van der Waals surface area (Å²) < 4.78 is 1.67. The summed E-state index contributed by atoms with van der Waals surface area (Å²) in [6, 6.07) is 3.73. The molecule has 0 aliphatic rings. The van der Waals surface area contributed by atoms with Crippen LogP contribution < -0.4 is 0 Å². The first-order valence-electron chi connectivity index (χ1n) is 6.11. The lowest BCUT2D eigenvalue weighted by atomic mass is 10.1. The van der Waals surface area contributed by atoms with Crippen molar-refractivity contribution in [3.63, 3.8) is 0 Å². The summed E-state index contributed by atoms with van der Waals surface area (Å²) in [6.45, 7) is 3.82. The lowest BCUT2D eigenvalue weighted by molar-refractivity contribution is 0.277. The van der Waals surface area contributed by atoms with Gasteiger partial charge in [0, 0.05) is 22.8 Å². The number of thiazole rings is 1. The molecule has 0 unspecified atom stereocenters. The van der Waals surface area contributed by atoms with Crippen LogP contribution in [0.15, 0.2) is 24.5 Å². The molecule has 0 aliphatic carbocycles. The Kier molecular flexibility index (Phi) is 3.29. The van der Waals surface area contributed by atoms with Gasteiger partial charge in [0.05, 0.1) is 12.3 Å². The summed E-state index contributed by atoms with van der Waals surface area (Å²) in [7, 11) is 0. The number of aliphatic hydroxyl groups excluding tert-OH is 1. The third-order valence-electron chi connectivity index (χ3n) is 3.04. The number of pyridine rings is 1. The second kappa shape index (κ2) is 5.10. The Morgan fingerprint density at radius 3 is 2.60 bits per heavy atom. The summed E-state index contributed by atoms with van der Waals surface area (Å²) in [4.78, 5) is 9.64. The number of hydrogen-bond donors (Lipinski definition) is 1. The highest BCUT2D eigenvalue weighted by molar-refractivity contribution is 7.14. The van der Waals surface area contributed by atoms with Gasteiger partial charge in [0.2, 0.25) is 5.13 Å². The third-order valence-corrected chi connectivity index (χ3v) is 4.09. The summed E-state index contributed by atoms with van der Waals surface area (Å²) in [6.07, 6.45) is 3.40. The third kappa shape index (κ3) is 2.10. The first-order chi connectivity index (χ1) is 9.70. The van der Waals surface area contributed by atoms with E-state index in [4.69, 9.17) is 0 Å². The van der Waals surface area contributed by atoms with Crippen molar-refractivity contribution in [2.24, 2.45) is 0 Å². The molecule has 0 aliphatic heterocycles. The van der Waals surface area contributed by atoms with Crippen LogP contribution in [0.2, 0.25) is 0 Å². The summed E-state index contributed by atoms with van der Waals surface area (Å²) >= 11 is 1.55. The highest BCUT2D eigenvalue weighted by Crippen LogP contribution is 2.27. The molecule has 0 bridgehead atoms. The Balaban J connectivity index is 2.20. The molecule has 0 amide bonds. The van der Waals surface area contributed by atoms with E-state index in [-0.39, 0.29) is 6.61 Å². The van der Waals surface area contributed by atoms with Crippen molar-refractivity contribution in [2.45, 2.75) is 20.5 Å². The first-order valence-corrected chi connectivity index (χ1v) is 6.92. The van der Waals surface area contributed by atoms with Crippen LogP contribution in [0.5, 0.6) is 0 Å². The Labute approximate surface area is 119 Å². The van der Waals surface area contributed by atoms with Gasteiger partial charge in [-0.1, -0.05) is 16.6 Å². The first kappa shape index (κ1) is 12.9. The second-order valence-corrected chi connectivity index (χ2v) is 5.51. The number of nitrogens with zero attached hydrogens (tertiary/aromatic N) is 5. The average Bonchev–Trinajstić information content (AvgIpc) is 3.04. The Morgan fingerprint density at radius 1 is 1.25 bits per heavy atom. The van der Waals surface area contributed by atoms with Crippen molar-refractivity contribution in [3.8, 4) is 16.4 Å². The highest BCUT2D eigenvalue weighted by atomic mass is 32.1. The van der Waals surface area contributed by atoms with Crippen molar-refractivity contribution in [3.05, 3.63) is 40.8 Å². The summed E-state index contributed by atoms with van der Waals surface area (Å²) in [5.41, 5.74) is 3.16. The van der Waals surface area contributed by atoms with Crippen LogP contribution >= 0.6 is 11.3 Å². The van der Waals surface area contributed by atoms with E-state index in [0.717, 1.165) is 27.0 Å². The van der Waals surface area contributed by atoms with Crippen LogP contribution in [-0.2, 0) is 6.61 Å². The van der Waals surface area contributed by atoms with Gasteiger partial charge in [-0.15, -0.1) is 5.10 Å². The van der Waals surface area contributed by atoms with Crippen molar-refractivity contribution in [1.82, 2.24) is 25.0 Å². The van der Waals surface area contributed by atoms with E-state index in [2.05, 4.69) is 20.3 Å². The van der Waals surface area contributed by atoms with E-state index < -0.39 is 0 Å². The number of hydrogen-bond acceptors (Lipinski definition) is 6. The molecule has 1 N–H and O–H groups in total. The Hall–Kier alpha value is -2.12. The van der Waals surface area contributed by atoms with Crippen molar-refractivity contribution in [2.75, 3.05) is 0 Å². The minimum absolute atomic E-state index is 0.166. The predicted octanol–water partition coefficient (Wildman–Crippen LogP) is 1.89. The lowest BCUT2D eigenvalue weighted by Crippen LogP contribution is -2.00. The van der Waals surface area contributed by atoms with Gasteiger partial charge in [0.15, 0.2) is 0 Å². The van der Waals surface area contributed by atoms with Crippen LogP contribution in [-0.4, -0.2) is 30.1 Å². The molecule has 0 atom stereocenters. The number of rotatable bonds is 3. The van der Waals surface area contributed by atoms with Crippen LogP contribution in [0.4, 0.5) is 0 Å². The number of aryl methyl sites for hydroxylation is 2. The molecule has 0 aromatic carbocycles. The van der Waals surface area contributed by atoms with E-state index >= 15 is 0 Å². The zero-order valence-corrected chi connectivity index (χ0v) is 11.9. The fourth-order valence-corrected chi connectivity index (χ4v) is 2.76. The molecule has 102 valence electrons. The van der Waals surface area contributed by atoms with Crippen molar-refractivity contribution in [1.29, 1.82) is 0 Å². The van der Waals surface area contributed by atoms with Gasteiger partial charge in [-0.05, 0) is 26.0 Å². The van der Waals surface area contributed by atoms with Gasteiger partial charge in [-0.2, -0.15) is 4.68 Å². The quantitative estimate of drug-likeness (QED) is 0.796. The summed E-state index contributed by atoms with van der Waals surface area (Å²) in [5, 5.41) is 18.4. The second-order valence-electron chi connectivity index (χ2n) is 4.33. The smallest absolute Gasteiger partial charge is 0.212 e. The maximum atomic E-state index is 9.45. The van der Waals surface area contributed by atoms with Gasteiger partial charge in [0.1, 0.15) is 11.4 Å². The molecule has 7 heteroatoms. The molecule has 0 radical (unpaired) electrons. The topological polar surface area (TPSA) is 76.7 Å². The fourth-order valence-electron chi connectivity index (χ4n) is 1.90. The largest absolute Gasteiger partial charge is 0.390 e. The molecule has 0 saturated heterocycles. The Bertz CT molecular complexity index is 715. The maximum absolute atomic E-state index is 9.45. The van der Waals surface area contributed by atoms with Gasteiger partial charge in [-0.3, -0.25) is 4.98 Å². The SMILES string of the molecule is Cc1nc(-n2nnc(CO)c2-c2ccncc2)sc1C. The van der Waals surface area contributed by atoms with Gasteiger partial charge >= 0.3 is 0 Å². The van der Waals surface area contributed by atoms with Gasteiger partial charge < -0.3 is 5.11 Å². The standard InChI is InChI=1S/C13H13N5OS/c1-8-9(2)20-13(15-8)18-12(11(7-19)16-17-18)10-3-5-14-6-4-10/h3-6,19H,7H2,1-2H3. The highest BCUT2D eigenvalue weighted by Gasteiger charge is 2.18. The van der Waals surface area contributed by atoms with Crippen molar-refractivity contribution >= 4 is 11.3 Å². The van der Waals surface area contributed by atoms with Crippen molar-refractivity contribution < 1.29 is 5.11 Å². The van der Waals surface area contributed by atoms with Crippen LogP contribution in [0.3, 0.4) is 0 Å². The molecule has 3 aromatic heterocycles. The molecule has 6 nitrogen and oxygen atoms in total. The predicted molar refractivity (Wildman–Crippen MR) is 75.7 cm³/mol. The molecule has 3 aromatic rings. The molecule has 20 heavy (non-hydrogen) atoms. The minimum atomic E-state index is -0.166. The van der Waals surface area contributed by atoms with Crippen LogP contribution in [0, 0.1) is 13.8 Å². The summed E-state index contributed by atoms with van der Waals surface area (Å²) in [5.74, 6) is 0. The monoisotopic (exact) mass is 287 g/mol. The molecule has 3 heterocycles. The van der Waals surface area contributed by atoms with Crippen LogP contribution in [0.25, 0.3) is 16.4 Å². The van der Waals surface area contributed by atoms with E-state index in [9.17, 15) is 5.11 Å². The molecule has 0 fully saturated rings. The maximum Gasteiger partial charge on any atom is 0.212 e. The molecule has 0 spiro atoms. The van der Waals surface area contributed by atoms with E-state index in [1.807, 2.05) is 26.0 Å². The average molecular weight is 287 g/mol. The zero-order chi connectivity index (χ0) is 14.1. The fraction of sp³-hybridized carbons (Fsp3) is 0.231. The van der Waals surface area contributed by atoms with Crippen LogP contribution in [0.1, 0.15) is 16.3 Å². The van der Waals surface area contributed by atoms with E-state index in [1.54, 1.807) is 28.4 Å². The molecule has 3 rings (SSSR count). The number of aliphatic hydroxyl groups is 1. The molecule has 0 saturated carbocycles. The molecular formula is C13H13N5OS. The lowest BCUT2D eigenvalue weighted by Gasteiger charge is -2.04. The Morgan fingerprint density at radius 2 is 2.00 bits per heavy atom. The normalized spacial score (nSPS) is 10.9.